The molecule has 2 rings (SSSR count). The summed E-state index contributed by atoms with van der Waals surface area (Å²) in [5.74, 6) is -1.42. The number of carboxylic acids is 1. The molecule has 23 heavy (non-hydrogen) atoms. The lowest BCUT2D eigenvalue weighted by Gasteiger charge is -2.12. The van der Waals surface area contributed by atoms with Crippen molar-refractivity contribution in [3.05, 3.63) is 62.7 Å². The number of aryl methyl sites for hydroxylation is 1. The predicted molar refractivity (Wildman–Crippen MR) is 101 cm³/mol. The zero-order valence-corrected chi connectivity index (χ0v) is 15.1. The van der Waals surface area contributed by atoms with Crippen LogP contribution in [0.15, 0.2) is 42.5 Å². The third kappa shape index (κ3) is 4.73. The molecule has 0 bridgehead atoms. The normalized spacial score (nSPS) is 10.0. The topological polar surface area (TPSA) is 78.4 Å². The highest BCUT2D eigenvalue weighted by molar-refractivity contribution is 14.1. The van der Waals surface area contributed by atoms with Crippen LogP contribution in [0.1, 0.15) is 26.3 Å². The number of halogens is 1. The zero-order valence-electron chi connectivity index (χ0n) is 12.1. The van der Waals surface area contributed by atoms with Crippen LogP contribution in [0.3, 0.4) is 0 Å². The number of carboxylic acid groups (broad SMARTS) is 1. The number of nitrogens with one attached hydrogen (secondary N) is 2. The Morgan fingerprint density at radius 3 is 2.57 bits per heavy atom. The van der Waals surface area contributed by atoms with Gasteiger partial charge in [0.25, 0.3) is 5.91 Å². The standard InChI is InChI=1S/C16H13IN2O3S/c1-9-3-2-4-10(7-9)14(20)19-16(23)18-13-6-5-11(17)8-12(13)15(21)22/h2-8H,1H3,(H,21,22)(H2,18,19,20,23). The number of hydrogen-bond donors (Lipinski definition) is 3. The minimum atomic E-state index is -1.07. The summed E-state index contributed by atoms with van der Waals surface area (Å²) in [5.41, 5.74) is 1.86. The first-order valence-corrected chi connectivity index (χ1v) is 8.07. The number of amides is 1. The quantitative estimate of drug-likeness (QED) is 0.504. The molecule has 0 aliphatic heterocycles. The molecular weight excluding hydrogens is 427 g/mol. The molecule has 5 nitrogen and oxygen atoms in total. The second-order valence-corrected chi connectivity index (χ2v) is 6.43. The Balaban J connectivity index is 2.11. The smallest absolute Gasteiger partial charge is 0.337 e. The summed E-state index contributed by atoms with van der Waals surface area (Å²) in [4.78, 5) is 23.4. The number of carbonyl (C=O) groups excluding carboxylic acids is 1. The van der Waals surface area contributed by atoms with Crippen LogP contribution < -0.4 is 10.6 Å². The highest BCUT2D eigenvalue weighted by atomic mass is 127. The number of carbonyl (C=O) groups is 2. The maximum atomic E-state index is 12.1. The number of hydrogen-bond acceptors (Lipinski definition) is 3. The molecule has 7 heteroatoms. The summed E-state index contributed by atoms with van der Waals surface area (Å²) < 4.78 is 0.792. The van der Waals surface area contributed by atoms with E-state index < -0.39 is 5.97 Å². The summed E-state index contributed by atoms with van der Waals surface area (Å²) in [5, 5.41) is 14.6. The van der Waals surface area contributed by atoms with Gasteiger partial charge in [-0.2, -0.15) is 0 Å². The molecule has 3 N–H and O–H groups in total. The van der Waals surface area contributed by atoms with Crippen molar-refractivity contribution in [1.82, 2.24) is 5.32 Å². The van der Waals surface area contributed by atoms with Crippen LogP contribution in [-0.4, -0.2) is 22.1 Å². The Morgan fingerprint density at radius 1 is 1.17 bits per heavy atom. The van der Waals surface area contributed by atoms with Gasteiger partial charge < -0.3 is 10.4 Å². The van der Waals surface area contributed by atoms with E-state index in [9.17, 15) is 14.7 Å². The van der Waals surface area contributed by atoms with Crippen LogP contribution in [0.2, 0.25) is 0 Å². The molecule has 0 spiro atoms. The lowest BCUT2D eigenvalue weighted by molar-refractivity contribution is 0.0697. The van der Waals surface area contributed by atoms with E-state index in [0.717, 1.165) is 9.13 Å². The van der Waals surface area contributed by atoms with Gasteiger partial charge in [0.05, 0.1) is 11.3 Å². The molecule has 2 aromatic carbocycles. The molecule has 0 heterocycles. The molecular formula is C16H13IN2O3S. The third-order valence-electron chi connectivity index (χ3n) is 2.97. The number of aromatic carboxylic acids is 1. The first-order valence-electron chi connectivity index (χ1n) is 6.58. The predicted octanol–water partition coefficient (Wildman–Crippen LogP) is 3.42. The van der Waals surface area contributed by atoms with E-state index >= 15 is 0 Å². The maximum Gasteiger partial charge on any atom is 0.337 e. The second-order valence-electron chi connectivity index (χ2n) is 4.77. The molecule has 0 fully saturated rings. The number of rotatable bonds is 3. The van der Waals surface area contributed by atoms with Crippen molar-refractivity contribution in [3.8, 4) is 0 Å². The van der Waals surface area contributed by atoms with Crippen molar-refractivity contribution in [2.45, 2.75) is 6.92 Å². The van der Waals surface area contributed by atoms with Gasteiger partial charge in [-0.25, -0.2) is 4.79 Å². The van der Waals surface area contributed by atoms with Crippen LogP contribution in [0.5, 0.6) is 0 Å². The summed E-state index contributed by atoms with van der Waals surface area (Å²) in [6.07, 6.45) is 0. The van der Waals surface area contributed by atoms with E-state index in [2.05, 4.69) is 10.6 Å². The highest BCUT2D eigenvalue weighted by Crippen LogP contribution is 2.19. The Kier molecular flexibility index (Phi) is 5.67. The number of thiocarbonyl (C=S) groups is 1. The zero-order chi connectivity index (χ0) is 17.0. The van der Waals surface area contributed by atoms with Gasteiger partial charge in [0.2, 0.25) is 0 Å². The SMILES string of the molecule is Cc1cccc(C(=O)NC(=S)Nc2ccc(I)cc2C(=O)O)c1. The Labute approximate surface area is 152 Å². The molecule has 0 saturated heterocycles. The summed E-state index contributed by atoms with van der Waals surface area (Å²) in [6.45, 7) is 1.89. The van der Waals surface area contributed by atoms with Crippen LogP contribution >= 0.6 is 34.8 Å². The van der Waals surface area contributed by atoms with Crippen molar-refractivity contribution >= 4 is 57.5 Å². The van der Waals surface area contributed by atoms with Crippen LogP contribution in [0, 0.1) is 10.5 Å². The molecule has 0 unspecified atom stereocenters. The Hall–Kier alpha value is -2.00. The fourth-order valence-electron chi connectivity index (χ4n) is 1.92. The Morgan fingerprint density at radius 2 is 1.91 bits per heavy atom. The van der Waals surface area contributed by atoms with Crippen molar-refractivity contribution in [2.24, 2.45) is 0 Å². The third-order valence-corrected chi connectivity index (χ3v) is 3.84. The number of anilines is 1. The fraction of sp³-hybridized carbons (Fsp3) is 0.0625. The lowest BCUT2D eigenvalue weighted by atomic mass is 10.1. The first kappa shape index (κ1) is 17.4. The van der Waals surface area contributed by atoms with Gasteiger partial charge in [-0.1, -0.05) is 17.7 Å². The van der Waals surface area contributed by atoms with Gasteiger partial charge in [-0.15, -0.1) is 0 Å². The van der Waals surface area contributed by atoms with Crippen LogP contribution in [0.25, 0.3) is 0 Å². The van der Waals surface area contributed by atoms with Crippen molar-refractivity contribution in [1.29, 1.82) is 0 Å². The van der Waals surface area contributed by atoms with E-state index in [1.807, 2.05) is 35.6 Å². The minimum absolute atomic E-state index is 0.0419. The van der Waals surface area contributed by atoms with Gasteiger partial charge >= 0.3 is 5.97 Å². The molecule has 0 radical (unpaired) electrons. The van der Waals surface area contributed by atoms with Crippen LogP contribution in [-0.2, 0) is 0 Å². The van der Waals surface area contributed by atoms with Gasteiger partial charge in [0.1, 0.15) is 0 Å². The lowest BCUT2D eigenvalue weighted by Crippen LogP contribution is -2.34. The van der Waals surface area contributed by atoms with Gasteiger partial charge in [0.15, 0.2) is 5.11 Å². The summed E-state index contributed by atoms with van der Waals surface area (Å²) >= 11 is 7.11. The van der Waals surface area contributed by atoms with E-state index in [1.54, 1.807) is 30.3 Å². The monoisotopic (exact) mass is 440 g/mol. The summed E-state index contributed by atoms with van der Waals surface area (Å²) in [6, 6.07) is 12.0. The molecule has 1 amide bonds. The summed E-state index contributed by atoms with van der Waals surface area (Å²) in [7, 11) is 0. The fourth-order valence-corrected chi connectivity index (χ4v) is 2.61. The molecule has 0 aromatic heterocycles. The molecule has 0 saturated carbocycles. The molecule has 0 aliphatic rings. The molecule has 0 aliphatic carbocycles. The molecule has 118 valence electrons. The van der Waals surface area contributed by atoms with Gasteiger partial charge in [-0.3, -0.25) is 10.1 Å². The van der Waals surface area contributed by atoms with Gasteiger partial charge in [-0.05, 0) is 72.1 Å². The van der Waals surface area contributed by atoms with Crippen molar-refractivity contribution in [3.63, 3.8) is 0 Å². The second kappa shape index (κ2) is 7.51. The van der Waals surface area contributed by atoms with E-state index in [0.29, 0.717) is 11.3 Å². The average molecular weight is 440 g/mol. The van der Waals surface area contributed by atoms with E-state index in [1.165, 1.54) is 6.07 Å². The highest BCUT2D eigenvalue weighted by Gasteiger charge is 2.13. The van der Waals surface area contributed by atoms with Crippen molar-refractivity contribution < 1.29 is 14.7 Å². The van der Waals surface area contributed by atoms with Crippen molar-refractivity contribution in [2.75, 3.05) is 5.32 Å². The van der Waals surface area contributed by atoms with E-state index in [-0.39, 0.29) is 16.6 Å². The average Bonchev–Trinajstić information content (AvgIpc) is 2.48. The Bertz CT molecular complexity index is 793. The minimum Gasteiger partial charge on any atom is -0.478 e. The largest absolute Gasteiger partial charge is 0.478 e. The maximum absolute atomic E-state index is 12.1. The first-order chi connectivity index (χ1) is 10.9. The van der Waals surface area contributed by atoms with Crippen LogP contribution in [0.4, 0.5) is 5.69 Å². The number of benzene rings is 2. The van der Waals surface area contributed by atoms with E-state index in [4.69, 9.17) is 12.2 Å². The molecule has 0 atom stereocenters. The van der Waals surface area contributed by atoms with Gasteiger partial charge in [0, 0.05) is 9.13 Å². The molecule has 2 aromatic rings.